The molecule has 0 aliphatic heterocycles. The topological polar surface area (TPSA) is 26.0 Å². The zero-order chi connectivity index (χ0) is 8.39. The molecule has 0 N–H and O–H groups in total. The molecule has 2 heteroatoms. The van der Waals surface area contributed by atoms with Crippen LogP contribution < -0.4 is 0 Å². The van der Waals surface area contributed by atoms with Gasteiger partial charge in [-0.1, -0.05) is 23.8 Å². The summed E-state index contributed by atoms with van der Waals surface area (Å²) < 4.78 is 4.77. The Morgan fingerprint density at radius 1 is 1.42 bits per heavy atom. The first-order chi connectivity index (χ1) is 5.86. The first-order valence-electron chi connectivity index (χ1n) is 3.75. The maximum Gasteiger partial charge on any atom is 0.284 e. The summed E-state index contributed by atoms with van der Waals surface area (Å²) in [5, 5.41) is 0. The van der Waals surface area contributed by atoms with Crippen molar-refractivity contribution in [2.45, 2.75) is 6.92 Å². The zero-order valence-electron chi connectivity index (χ0n) is 6.74. The van der Waals surface area contributed by atoms with Crippen LogP contribution in [0.4, 0.5) is 0 Å². The Bertz CT molecular complexity index is 365. The number of aryl methyl sites for hydroxylation is 1. The number of nitrogens with zero attached hydrogens (tertiary/aromatic N) is 1. The molecular formula is C10H8NO. The molecule has 1 radical (unpaired) electrons. The van der Waals surface area contributed by atoms with Crippen LogP contribution in [0, 0.1) is 13.3 Å². The van der Waals surface area contributed by atoms with Gasteiger partial charge in [-0.05, 0) is 13.0 Å². The van der Waals surface area contributed by atoms with Gasteiger partial charge in [0.15, 0.2) is 0 Å². The number of hydrogen-bond acceptors (Lipinski definition) is 2. The third kappa shape index (κ3) is 1.23. The van der Waals surface area contributed by atoms with E-state index in [2.05, 4.69) is 17.4 Å². The van der Waals surface area contributed by atoms with E-state index >= 15 is 0 Å². The van der Waals surface area contributed by atoms with Crippen molar-refractivity contribution in [3.63, 3.8) is 0 Å². The van der Waals surface area contributed by atoms with E-state index in [-0.39, 0.29) is 0 Å². The summed E-state index contributed by atoms with van der Waals surface area (Å²) in [6.45, 7) is 2.05. The summed E-state index contributed by atoms with van der Waals surface area (Å²) >= 11 is 0. The average molecular weight is 158 g/mol. The van der Waals surface area contributed by atoms with Crippen molar-refractivity contribution in [3.8, 4) is 11.3 Å². The van der Waals surface area contributed by atoms with E-state index in [1.807, 2.05) is 25.1 Å². The molecule has 1 aromatic carbocycles. The molecule has 2 rings (SSSR count). The van der Waals surface area contributed by atoms with Gasteiger partial charge in [-0.2, -0.15) is 0 Å². The highest BCUT2D eigenvalue weighted by atomic mass is 16.3. The first kappa shape index (κ1) is 7.10. The molecule has 0 spiro atoms. The molecule has 12 heavy (non-hydrogen) atoms. The minimum atomic E-state index is 0.832. The molecule has 1 heterocycles. The monoisotopic (exact) mass is 158 g/mol. The molecule has 0 aliphatic rings. The zero-order valence-corrected chi connectivity index (χ0v) is 6.74. The van der Waals surface area contributed by atoms with Gasteiger partial charge in [0.25, 0.3) is 6.39 Å². The quantitative estimate of drug-likeness (QED) is 0.637. The van der Waals surface area contributed by atoms with Gasteiger partial charge in [0.2, 0.25) is 0 Å². The van der Waals surface area contributed by atoms with Crippen LogP contribution in [-0.4, -0.2) is 4.98 Å². The van der Waals surface area contributed by atoms with Crippen LogP contribution in [-0.2, 0) is 0 Å². The predicted molar refractivity (Wildman–Crippen MR) is 45.5 cm³/mol. The Labute approximate surface area is 70.9 Å². The third-order valence-electron chi connectivity index (χ3n) is 1.70. The van der Waals surface area contributed by atoms with Crippen LogP contribution in [0.1, 0.15) is 5.56 Å². The van der Waals surface area contributed by atoms with Gasteiger partial charge in [-0.3, -0.25) is 0 Å². The van der Waals surface area contributed by atoms with E-state index in [1.54, 1.807) is 6.26 Å². The molecule has 0 saturated carbocycles. The first-order valence-corrected chi connectivity index (χ1v) is 3.75. The van der Waals surface area contributed by atoms with Crippen LogP contribution in [0.15, 0.2) is 34.9 Å². The Hall–Kier alpha value is -1.57. The molecule has 0 fully saturated rings. The van der Waals surface area contributed by atoms with Gasteiger partial charge in [0.1, 0.15) is 12.0 Å². The minimum Gasteiger partial charge on any atom is -0.440 e. The molecular weight excluding hydrogens is 150 g/mol. The van der Waals surface area contributed by atoms with Crippen molar-refractivity contribution in [1.29, 1.82) is 0 Å². The second-order valence-electron chi connectivity index (χ2n) is 2.69. The smallest absolute Gasteiger partial charge is 0.284 e. The van der Waals surface area contributed by atoms with E-state index in [0.29, 0.717) is 0 Å². The molecule has 0 amide bonds. The lowest BCUT2D eigenvalue weighted by molar-refractivity contribution is 0.548. The highest BCUT2D eigenvalue weighted by molar-refractivity contribution is 5.58. The Morgan fingerprint density at radius 3 is 3.00 bits per heavy atom. The standard InChI is InChI=1S/C10H8NO/c1-8-3-2-4-9(5-8)10-6-12-7-11-10/h2-6H,1H3. The van der Waals surface area contributed by atoms with Gasteiger partial charge >= 0.3 is 0 Å². The van der Waals surface area contributed by atoms with Gasteiger partial charge in [0, 0.05) is 5.56 Å². The van der Waals surface area contributed by atoms with E-state index in [4.69, 9.17) is 4.42 Å². The fourth-order valence-electron chi connectivity index (χ4n) is 1.12. The van der Waals surface area contributed by atoms with Gasteiger partial charge < -0.3 is 4.42 Å². The number of hydrogen-bond donors (Lipinski definition) is 0. The van der Waals surface area contributed by atoms with Crippen LogP contribution in [0.2, 0.25) is 0 Å². The molecule has 1 aromatic heterocycles. The second kappa shape index (κ2) is 2.81. The Morgan fingerprint density at radius 2 is 2.33 bits per heavy atom. The van der Waals surface area contributed by atoms with Crippen molar-refractivity contribution >= 4 is 0 Å². The molecule has 0 atom stereocenters. The number of oxazole rings is 1. The van der Waals surface area contributed by atoms with Crippen molar-refractivity contribution in [1.82, 2.24) is 4.98 Å². The molecule has 0 bridgehead atoms. The SMILES string of the molecule is Cc1cccc(-c2co[c]n2)c1. The van der Waals surface area contributed by atoms with Crippen molar-refractivity contribution < 1.29 is 4.42 Å². The maximum atomic E-state index is 4.77. The van der Waals surface area contributed by atoms with Crippen molar-refractivity contribution in [2.75, 3.05) is 0 Å². The molecule has 0 aliphatic carbocycles. The third-order valence-corrected chi connectivity index (χ3v) is 1.70. The summed E-state index contributed by atoms with van der Waals surface area (Å²) in [6.07, 6.45) is 4.01. The summed E-state index contributed by atoms with van der Waals surface area (Å²) in [5.74, 6) is 0. The predicted octanol–water partition coefficient (Wildman–Crippen LogP) is 2.45. The molecule has 2 nitrogen and oxygen atoms in total. The normalized spacial score (nSPS) is 10.1. The van der Waals surface area contributed by atoms with Crippen molar-refractivity contribution in [2.24, 2.45) is 0 Å². The lowest BCUT2D eigenvalue weighted by Crippen LogP contribution is -1.77. The van der Waals surface area contributed by atoms with E-state index < -0.39 is 0 Å². The number of benzene rings is 1. The van der Waals surface area contributed by atoms with E-state index in [0.717, 1.165) is 11.3 Å². The fraction of sp³-hybridized carbons (Fsp3) is 0.100. The largest absolute Gasteiger partial charge is 0.440 e. The van der Waals surface area contributed by atoms with Gasteiger partial charge in [-0.15, -0.1) is 0 Å². The van der Waals surface area contributed by atoms with Crippen molar-refractivity contribution in [3.05, 3.63) is 42.5 Å². The van der Waals surface area contributed by atoms with E-state index in [1.165, 1.54) is 5.56 Å². The molecule has 59 valence electrons. The number of aromatic nitrogens is 1. The van der Waals surface area contributed by atoms with E-state index in [9.17, 15) is 0 Å². The van der Waals surface area contributed by atoms with Gasteiger partial charge in [0.05, 0.1) is 0 Å². The Kier molecular flexibility index (Phi) is 1.67. The summed E-state index contributed by atoms with van der Waals surface area (Å²) in [6, 6.07) is 8.11. The molecule has 0 unspecified atom stereocenters. The summed E-state index contributed by atoms with van der Waals surface area (Å²) in [5.41, 5.74) is 3.12. The molecule has 2 aromatic rings. The average Bonchev–Trinajstić information content (AvgIpc) is 2.56. The van der Waals surface area contributed by atoms with Crippen LogP contribution in [0.25, 0.3) is 11.3 Å². The summed E-state index contributed by atoms with van der Waals surface area (Å²) in [4.78, 5) is 3.94. The summed E-state index contributed by atoms with van der Waals surface area (Å²) in [7, 11) is 0. The lowest BCUT2D eigenvalue weighted by atomic mass is 10.1. The Balaban J connectivity index is 2.48. The number of rotatable bonds is 1. The minimum absolute atomic E-state index is 0.832. The van der Waals surface area contributed by atoms with Crippen LogP contribution in [0.3, 0.4) is 0 Å². The fourth-order valence-corrected chi connectivity index (χ4v) is 1.12. The van der Waals surface area contributed by atoms with Crippen LogP contribution in [0.5, 0.6) is 0 Å². The highest BCUT2D eigenvalue weighted by Gasteiger charge is 1.99. The maximum absolute atomic E-state index is 4.77. The molecule has 0 saturated heterocycles. The highest BCUT2D eigenvalue weighted by Crippen LogP contribution is 2.17. The van der Waals surface area contributed by atoms with Crippen LogP contribution >= 0.6 is 0 Å². The second-order valence-corrected chi connectivity index (χ2v) is 2.69. The van der Waals surface area contributed by atoms with Gasteiger partial charge in [-0.25, -0.2) is 4.98 Å². The lowest BCUT2D eigenvalue weighted by Gasteiger charge is -1.95.